The zero-order valence-electron chi connectivity index (χ0n) is 10.8. The van der Waals surface area contributed by atoms with E-state index in [1.165, 1.54) is 0 Å². The molecule has 1 amide bonds. The van der Waals surface area contributed by atoms with Gasteiger partial charge in [0.2, 0.25) is 0 Å². The zero-order chi connectivity index (χ0) is 12.8. The van der Waals surface area contributed by atoms with Gasteiger partial charge in [-0.3, -0.25) is 4.79 Å². The van der Waals surface area contributed by atoms with Gasteiger partial charge in [0.15, 0.2) is 0 Å². The summed E-state index contributed by atoms with van der Waals surface area (Å²) in [5.41, 5.74) is 2.85. The molecule has 3 nitrogen and oxygen atoms in total. The van der Waals surface area contributed by atoms with E-state index in [4.69, 9.17) is 0 Å². The van der Waals surface area contributed by atoms with E-state index in [2.05, 4.69) is 5.32 Å². The first-order valence-electron chi connectivity index (χ1n) is 6.08. The number of hydrogen-bond acceptors (Lipinski definition) is 2. The van der Waals surface area contributed by atoms with Gasteiger partial charge in [-0.1, -0.05) is 24.6 Å². The number of aliphatic hydroxyl groups excluding tert-OH is 1. The average Bonchev–Trinajstić information content (AvgIpc) is 2.28. The van der Waals surface area contributed by atoms with E-state index in [9.17, 15) is 9.90 Å². The zero-order valence-corrected chi connectivity index (χ0v) is 10.8. The van der Waals surface area contributed by atoms with Crippen molar-refractivity contribution in [2.45, 2.75) is 39.7 Å². The van der Waals surface area contributed by atoms with Crippen molar-refractivity contribution < 1.29 is 9.90 Å². The van der Waals surface area contributed by atoms with Gasteiger partial charge in [-0.25, -0.2) is 0 Å². The second-order valence-electron chi connectivity index (χ2n) is 4.43. The lowest BCUT2D eigenvalue weighted by atomic mass is 10.1. The van der Waals surface area contributed by atoms with Crippen LogP contribution in [0.25, 0.3) is 0 Å². The van der Waals surface area contributed by atoms with Crippen molar-refractivity contribution in [3.8, 4) is 0 Å². The first-order valence-corrected chi connectivity index (χ1v) is 6.08. The Balaban J connectivity index is 2.52. The predicted octanol–water partition coefficient (Wildman–Crippen LogP) is 2.19. The smallest absolute Gasteiger partial charge is 0.251 e. The quantitative estimate of drug-likeness (QED) is 0.822. The lowest BCUT2D eigenvalue weighted by molar-refractivity contribution is 0.0941. The minimum absolute atomic E-state index is 0.0641. The minimum atomic E-state index is -0.325. The van der Waals surface area contributed by atoms with Gasteiger partial charge in [0.05, 0.1) is 6.10 Å². The molecular formula is C14H21NO2. The Morgan fingerprint density at radius 1 is 1.41 bits per heavy atom. The SMILES string of the molecule is CCC(O)CCNC(=O)c1ccc(C)cc1C. The molecule has 2 N–H and O–H groups in total. The summed E-state index contributed by atoms with van der Waals surface area (Å²) < 4.78 is 0. The van der Waals surface area contributed by atoms with Crippen LogP contribution in [0, 0.1) is 13.8 Å². The summed E-state index contributed by atoms with van der Waals surface area (Å²) in [7, 11) is 0. The first kappa shape index (κ1) is 13.7. The van der Waals surface area contributed by atoms with Crippen LogP contribution in [0.5, 0.6) is 0 Å². The number of hydrogen-bond donors (Lipinski definition) is 2. The number of aliphatic hydroxyl groups is 1. The topological polar surface area (TPSA) is 49.3 Å². The Bertz CT molecular complexity index is 388. The van der Waals surface area contributed by atoms with Gasteiger partial charge in [0.25, 0.3) is 5.91 Å². The standard InChI is InChI=1S/C14H21NO2/c1-4-12(16)7-8-15-14(17)13-6-5-10(2)9-11(13)3/h5-6,9,12,16H,4,7-8H2,1-3H3,(H,15,17). The Kier molecular flexibility index (Phi) is 5.16. The van der Waals surface area contributed by atoms with Crippen LogP contribution in [-0.4, -0.2) is 23.7 Å². The van der Waals surface area contributed by atoms with Crippen molar-refractivity contribution in [1.29, 1.82) is 0 Å². The molecule has 0 radical (unpaired) electrons. The largest absolute Gasteiger partial charge is 0.393 e. The van der Waals surface area contributed by atoms with E-state index in [0.29, 0.717) is 18.5 Å². The number of nitrogens with one attached hydrogen (secondary N) is 1. The van der Waals surface area contributed by atoms with E-state index in [1.54, 1.807) is 0 Å². The molecule has 1 atom stereocenters. The fourth-order valence-electron chi connectivity index (χ4n) is 1.72. The highest BCUT2D eigenvalue weighted by Crippen LogP contribution is 2.10. The molecule has 1 aromatic rings. The lowest BCUT2D eigenvalue weighted by Gasteiger charge is -2.10. The van der Waals surface area contributed by atoms with Gasteiger partial charge in [-0.15, -0.1) is 0 Å². The molecule has 0 spiro atoms. The highest BCUT2D eigenvalue weighted by Gasteiger charge is 2.08. The first-order chi connectivity index (χ1) is 8.04. The molecule has 17 heavy (non-hydrogen) atoms. The number of benzene rings is 1. The van der Waals surface area contributed by atoms with Crippen LogP contribution in [0.1, 0.15) is 41.3 Å². The molecule has 0 bridgehead atoms. The van der Waals surface area contributed by atoms with Crippen molar-refractivity contribution >= 4 is 5.91 Å². The van der Waals surface area contributed by atoms with Crippen molar-refractivity contribution in [3.63, 3.8) is 0 Å². The third-order valence-electron chi connectivity index (χ3n) is 2.86. The number of carbonyl (C=O) groups is 1. The van der Waals surface area contributed by atoms with Gasteiger partial charge >= 0.3 is 0 Å². The number of amides is 1. The molecule has 3 heteroatoms. The molecule has 0 saturated heterocycles. The Labute approximate surface area is 103 Å². The molecule has 0 aliphatic rings. The second-order valence-corrected chi connectivity index (χ2v) is 4.43. The van der Waals surface area contributed by atoms with Crippen molar-refractivity contribution in [2.75, 3.05) is 6.54 Å². The summed E-state index contributed by atoms with van der Waals surface area (Å²) in [4.78, 5) is 11.9. The number of aryl methyl sites for hydroxylation is 2. The highest BCUT2D eigenvalue weighted by atomic mass is 16.3. The average molecular weight is 235 g/mol. The Morgan fingerprint density at radius 2 is 2.12 bits per heavy atom. The van der Waals surface area contributed by atoms with Crippen LogP contribution in [0.3, 0.4) is 0 Å². The van der Waals surface area contributed by atoms with Crippen LogP contribution in [0.4, 0.5) is 0 Å². The summed E-state index contributed by atoms with van der Waals surface area (Å²) in [5.74, 6) is -0.0641. The molecule has 1 aromatic carbocycles. The molecule has 0 aliphatic heterocycles. The van der Waals surface area contributed by atoms with Crippen molar-refractivity contribution in [2.24, 2.45) is 0 Å². The summed E-state index contributed by atoms with van der Waals surface area (Å²) in [6, 6.07) is 5.77. The van der Waals surface area contributed by atoms with E-state index in [1.807, 2.05) is 39.0 Å². The maximum atomic E-state index is 11.9. The third kappa shape index (κ3) is 4.19. The summed E-state index contributed by atoms with van der Waals surface area (Å²) in [6.07, 6.45) is 1.00. The van der Waals surface area contributed by atoms with E-state index in [0.717, 1.165) is 17.5 Å². The fourth-order valence-corrected chi connectivity index (χ4v) is 1.72. The van der Waals surface area contributed by atoms with E-state index in [-0.39, 0.29) is 12.0 Å². The summed E-state index contributed by atoms with van der Waals surface area (Å²) in [5, 5.41) is 12.2. The van der Waals surface area contributed by atoms with E-state index < -0.39 is 0 Å². The Hall–Kier alpha value is -1.35. The van der Waals surface area contributed by atoms with Gasteiger partial charge in [-0.2, -0.15) is 0 Å². The van der Waals surface area contributed by atoms with Crippen LogP contribution in [0.15, 0.2) is 18.2 Å². The van der Waals surface area contributed by atoms with E-state index >= 15 is 0 Å². The molecule has 1 rings (SSSR count). The normalized spacial score (nSPS) is 12.2. The fraction of sp³-hybridized carbons (Fsp3) is 0.500. The molecular weight excluding hydrogens is 214 g/mol. The summed E-state index contributed by atoms with van der Waals surface area (Å²) in [6.45, 7) is 6.38. The second kappa shape index (κ2) is 6.40. The molecule has 94 valence electrons. The minimum Gasteiger partial charge on any atom is -0.393 e. The molecule has 0 fully saturated rings. The van der Waals surface area contributed by atoms with Gasteiger partial charge in [0, 0.05) is 12.1 Å². The molecule has 1 unspecified atom stereocenters. The molecule has 0 saturated carbocycles. The molecule has 0 aromatic heterocycles. The number of rotatable bonds is 5. The summed E-state index contributed by atoms with van der Waals surface area (Å²) >= 11 is 0. The van der Waals surface area contributed by atoms with Gasteiger partial charge in [0.1, 0.15) is 0 Å². The van der Waals surface area contributed by atoms with Crippen LogP contribution < -0.4 is 5.32 Å². The predicted molar refractivity (Wildman–Crippen MR) is 69.2 cm³/mol. The maximum Gasteiger partial charge on any atom is 0.251 e. The van der Waals surface area contributed by atoms with Gasteiger partial charge < -0.3 is 10.4 Å². The monoisotopic (exact) mass is 235 g/mol. The maximum absolute atomic E-state index is 11.9. The van der Waals surface area contributed by atoms with Crippen LogP contribution in [-0.2, 0) is 0 Å². The number of carbonyl (C=O) groups excluding carboxylic acids is 1. The third-order valence-corrected chi connectivity index (χ3v) is 2.86. The molecule has 0 aliphatic carbocycles. The highest BCUT2D eigenvalue weighted by molar-refractivity contribution is 5.95. The molecule has 0 heterocycles. The Morgan fingerprint density at radius 3 is 2.71 bits per heavy atom. The van der Waals surface area contributed by atoms with Crippen molar-refractivity contribution in [1.82, 2.24) is 5.32 Å². The van der Waals surface area contributed by atoms with Crippen molar-refractivity contribution in [3.05, 3.63) is 34.9 Å². The van der Waals surface area contributed by atoms with Crippen LogP contribution in [0.2, 0.25) is 0 Å². The van der Waals surface area contributed by atoms with Gasteiger partial charge in [-0.05, 0) is 38.3 Å². The lowest BCUT2D eigenvalue weighted by Crippen LogP contribution is -2.27. The van der Waals surface area contributed by atoms with Crippen LogP contribution >= 0.6 is 0 Å².